The molecule has 1 aromatic heterocycles. The summed E-state index contributed by atoms with van der Waals surface area (Å²) in [4.78, 5) is 17.4. The molecule has 2 aromatic carbocycles. The smallest absolute Gasteiger partial charge is 0.279 e. The highest BCUT2D eigenvalue weighted by atomic mass is 32.1. The molecule has 25 heavy (non-hydrogen) atoms. The zero-order valence-electron chi connectivity index (χ0n) is 14.1. The zero-order valence-corrected chi connectivity index (χ0v) is 14.9. The Hall–Kier alpha value is -2.86. The fourth-order valence-electron chi connectivity index (χ4n) is 2.46. The summed E-state index contributed by atoms with van der Waals surface area (Å²) in [6, 6.07) is 12.7. The Kier molecular flexibility index (Phi) is 5.00. The molecule has 0 fully saturated rings. The molecule has 1 heterocycles. The van der Waals surface area contributed by atoms with Crippen molar-refractivity contribution in [3.05, 3.63) is 65.5 Å². The maximum absolute atomic E-state index is 12.5. The van der Waals surface area contributed by atoms with Crippen LogP contribution in [0.2, 0.25) is 0 Å². The van der Waals surface area contributed by atoms with Gasteiger partial charge in [-0.25, -0.2) is 0 Å². The van der Waals surface area contributed by atoms with Crippen LogP contribution in [0.1, 0.15) is 10.4 Å². The van der Waals surface area contributed by atoms with E-state index in [1.54, 1.807) is 44.6 Å². The number of fused-ring (bicyclic) bond motifs is 1. The lowest BCUT2D eigenvalue weighted by molar-refractivity contribution is 0.0998. The van der Waals surface area contributed by atoms with Crippen molar-refractivity contribution < 1.29 is 14.3 Å². The number of ether oxygens (including phenoxy) is 2. The van der Waals surface area contributed by atoms with E-state index in [1.807, 2.05) is 22.8 Å². The number of hydrogen-bond acceptors (Lipinski definition) is 4. The number of allylic oxidation sites excluding steroid dienone is 1. The van der Waals surface area contributed by atoms with Crippen LogP contribution < -0.4 is 14.3 Å². The van der Waals surface area contributed by atoms with Crippen LogP contribution in [-0.2, 0) is 6.54 Å². The minimum atomic E-state index is -0.293. The third-order valence-corrected chi connectivity index (χ3v) is 4.78. The van der Waals surface area contributed by atoms with Crippen LogP contribution in [0, 0.1) is 0 Å². The number of carbonyl (C=O) groups is 1. The quantitative estimate of drug-likeness (QED) is 0.657. The molecule has 0 spiro atoms. The van der Waals surface area contributed by atoms with Crippen LogP contribution in [0.5, 0.6) is 11.5 Å². The van der Waals surface area contributed by atoms with Crippen molar-refractivity contribution in [2.75, 3.05) is 14.2 Å². The standard InChI is InChI=1S/C19H18N2O3S/c1-4-11-21-16-10-9-15(24-3)12-17(16)25-19(21)20-18(22)13-5-7-14(23-2)8-6-13/h4-10,12H,1,11H2,2-3H3. The molecular formula is C19H18N2O3S. The first-order valence-corrected chi connectivity index (χ1v) is 8.49. The van der Waals surface area contributed by atoms with Crippen LogP contribution in [0.15, 0.2) is 60.1 Å². The van der Waals surface area contributed by atoms with Crippen LogP contribution in [0.25, 0.3) is 10.2 Å². The highest BCUT2D eigenvalue weighted by Crippen LogP contribution is 2.23. The molecule has 0 aliphatic rings. The van der Waals surface area contributed by atoms with Gasteiger partial charge in [-0.2, -0.15) is 4.99 Å². The molecule has 1 amide bonds. The second-order valence-corrected chi connectivity index (χ2v) is 6.27. The van der Waals surface area contributed by atoms with Gasteiger partial charge in [-0.3, -0.25) is 4.79 Å². The van der Waals surface area contributed by atoms with Crippen LogP contribution in [0.3, 0.4) is 0 Å². The van der Waals surface area contributed by atoms with Crippen molar-refractivity contribution in [2.45, 2.75) is 6.54 Å². The average molecular weight is 354 g/mol. The molecule has 0 aliphatic heterocycles. The Labute approximate surface area is 149 Å². The molecule has 0 aliphatic carbocycles. The van der Waals surface area contributed by atoms with E-state index >= 15 is 0 Å². The third-order valence-electron chi connectivity index (χ3n) is 3.74. The lowest BCUT2D eigenvalue weighted by Crippen LogP contribution is -2.16. The highest BCUT2D eigenvalue weighted by molar-refractivity contribution is 7.16. The summed E-state index contributed by atoms with van der Waals surface area (Å²) in [5.74, 6) is 1.18. The van der Waals surface area contributed by atoms with E-state index in [0.29, 0.717) is 22.7 Å². The van der Waals surface area contributed by atoms with Gasteiger partial charge in [-0.15, -0.1) is 6.58 Å². The van der Waals surface area contributed by atoms with E-state index in [4.69, 9.17) is 9.47 Å². The number of aromatic nitrogens is 1. The predicted octanol–water partition coefficient (Wildman–Crippen LogP) is 3.65. The van der Waals surface area contributed by atoms with Crippen molar-refractivity contribution in [3.8, 4) is 11.5 Å². The van der Waals surface area contributed by atoms with Crippen LogP contribution in [-0.4, -0.2) is 24.7 Å². The molecule has 0 bridgehead atoms. The summed E-state index contributed by atoms with van der Waals surface area (Å²) < 4.78 is 13.4. The SMILES string of the molecule is C=CCn1c(=NC(=O)c2ccc(OC)cc2)sc2cc(OC)ccc21. The first-order valence-electron chi connectivity index (χ1n) is 7.67. The summed E-state index contributed by atoms with van der Waals surface area (Å²) in [7, 11) is 3.22. The first kappa shape index (κ1) is 17.0. The number of rotatable bonds is 5. The fraction of sp³-hybridized carbons (Fsp3) is 0.158. The van der Waals surface area contributed by atoms with Gasteiger partial charge < -0.3 is 14.0 Å². The minimum absolute atomic E-state index is 0.293. The number of benzene rings is 2. The lowest BCUT2D eigenvalue weighted by Gasteiger charge is -2.02. The Balaban J connectivity index is 2.08. The maximum atomic E-state index is 12.5. The highest BCUT2D eigenvalue weighted by Gasteiger charge is 2.09. The molecule has 0 saturated carbocycles. The largest absolute Gasteiger partial charge is 0.497 e. The molecule has 0 radical (unpaired) electrons. The predicted molar refractivity (Wildman–Crippen MR) is 99.5 cm³/mol. The van der Waals surface area contributed by atoms with Crippen LogP contribution >= 0.6 is 11.3 Å². The normalized spacial score (nSPS) is 11.5. The number of amides is 1. The van der Waals surface area contributed by atoms with E-state index in [2.05, 4.69) is 11.6 Å². The summed E-state index contributed by atoms with van der Waals surface area (Å²) in [6.45, 7) is 4.36. The molecule has 0 N–H and O–H groups in total. The Morgan fingerprint density at radius 1 is 1.16 bits per heavy atom. The van der Waals surface area contributed by atoms with Gasteiger partial charge in [-0.05, 0) is 42.5 Å². The van der Waals surface area contributed by atoms with Gasteiger partial charge in [0.1, 0.15) is 11.5 Å². The van der Waals surface area contributed by atoms with Crippen molar-refractivity contribution in [2.24, 2.45) is 4.99 Å². The van der Waals surface area contributed by atoms with E-state index in [-0.39, 0.29) is 5.91 Å². The Morgan fingerprint density at radius 2 is 1.84 bits per heavy atom. The Bertz CT molecular complexity index is 984. The van der Waals surface area contributed by atoms with Crippen molar-refractivity contribution in [1.82, 2.24) is 4.57 Å². The molecule has 0 unspecified atom stereocenters. The van der Waals surface area contributed by atoms with Gasteiger partial charge in [0.25, 0.3) is 5.91 Å². The number of thiazole rings is 1. The minimum Gasteiger partial charge on any atom is -0.497 e. The van der Waals surface area contributed by atoms with Crippen LogP contribution in [0.4, 0.5) is 0 Å². The van der Waals surface area contributed by atoms with E-state index in [1.165, 1.54) is 11.3 Å². The molecule has 0 saturated heterocycles. The molecule has 6 heteroatoms. The van der Waals surface area contributed by atoms with Crippen molar-refractivity contribution in [1.29, 1.82) is 0 Å². The topological polar surface area (TPSA) is 52.8 Å². The fourth-order valence-corrected chi connectivity index (χ4v) is 3.52. The van der Waals surface area contributed by atoms with Gasteiger partial charge in [0.2, 0.25) is 0 Å². The molecule has 3 rings (SSSR count). The number of methoxy groups -OCH3 is 2. The van der Waals surface area contributed by atoms with Gasteiger partial charge in [0.15, 0.2) is 4.80 Å². The van der Waals surface area contributed by atoms with Crippen molar-refractivity contribution >= 4 is 27.5 Å². The Morgan fingerprint density at radius 3 is 2.48 bits per heavy atom. The third kappa shape index (κ3) is 3.49. The number of nitrogens with zero attached hydrogens (tertiary/aromatic N) is 2. The number of hydrogen-bond donors (Lipinski definition) is 0. The van der Waals surface area contributed by atoms with Gasteiger partial charge in [0, 0.05) is 12.1 Å². The average Bonchev–Trinajstić information content (AvgIpc) is 2.98. The van der Waals surface area contributed by atoms with E-state index in [0.717, 1.165) is 16.0 Å². The molecular weight excluding hydrogens is 336 g/mol. The first-order chi connectivity index (χ1) is 12.2. The zero-order chi connectivity index (χ0) is 17.8. The van der Waals surface area contributed by atoms with Gasteiger partial charge in [0.05, 0.1) is 24.4 Å². The number of carbonyl (C=O) groups excluding carboxylic acids is 1. The monoisotopic (exact) mass is 354 g/mol. The van der Waals surface area contributed by atoms with Gasteiger partial charge >= 0.3 is 0 Å². The summed E-state index contributed by atoms with van der Waals surface area (Å²) in [5, 5.41) is 0. The lowest BCUT2D eigenvalue weighted by atomic mass is 10.2. The van der Waals surface area contributed by atoms with E-state index < -0.39 is 0 Å². The molecule has 3 aromatic rings. The van der Waals surface area contributed by atoms with Crippen molar-refractivity contribution in [3.63, 3.8) is 0 Å². The van der Waals surface area contributed by atoms with Gasteiger partial charge in [-0.1, -0.05) is 17.4 Å². The summed E-state index contributed by atoms with van der Waals surface area (Å²) >= 11 is 1.45. The molecule has 0 atom stereocenters. The summed E-state index contributed by atoms with van der Waals surface area (Å²) in [6.07, 6.45) is 1.78. The van der Waals surface area contributed by atoms with E-state index in [9.17, 15) is 4.79 Å². The second-order valence-electron chi connectivity index (χ2n) is 5.26. The molecule has 5 nitrogen and oxygen atoms in total. The molecule has 128 valence electrons. The summed E-state index contributed by atoms with van der Waals surface area (Å²) in [5.41, 5.74) is 1.51. The second kappa shape index (κ2) is 7.36. The maximum Gasteiger partial charge on any atom is 0.279 e.